The third-order valence-electron chi connectivity index (χ3n) is 1.62. The Hall–Kier alpha value is -0.820. The molecule has 0 aromatic carbocycles. The smallest absolute Gasteiger partial charge is 0.258 e. The Morgan fingerprint density at radius 3 is 2.67 bits per heavy atom. The molecule has 4 nitrogen and oxygen atoms in total. The number of hydrogen-bond donors (Lipinski definition) is 0. The molecule has 0 fully saturated rings. The molecule has 0 saturated carbocycles. The fourth-order valence-corrected chi connectivity index (χ4v) is 1.62. The predicted molar refractivity (Wildman–Crippen MR) is 53.5 cm³/mol. The van der Waals surface area contributed by atoms with Crippen molar-refractivity contribution < 1.29 is 13.7 Å². The van der Waals surface area contributed by atoms with Crippen molar-refractivity contribution in [2.24, 2.45) is 0 Å². The van der Waals surface area contributed by atoms with Crippen molar-refractivity contribution in [3.63, 3.8) is 0 Å². The first-order valence-electron chi connectivity index (χ1n) is 3.65. The second-order valence-electron chi connectivity index (χ2n) is 2.53. The predicted octanol–water partition coefficient (Wildman–Crippen LogP) is 3.48. The summed E-state index contributed by atoms with van der Waals surface area (Å²) in [6.45, 7) is 0. The van der Waals surface area contributed by atoms with Gasteiger partial charge in [-0.3, -0.25) is 10.1 Å². The molecule has 0 atom stereocenters. The minimum Gasteiger partial charge on any atom is -0.258 e. The van der Waals surface area contributed by atoms with Crippen LogP contribution in [0, 0.1) is 10.1 Å². The Bertz CT molecular complexity index is 403. The van der Waals surface area contributed by atoms with E-state index < -0.39 is 27.9 Å². The number of hydrogen-bond acceptors (Lipinski definition) is 3. The molecule has 1 heterocycles. The Morgan fingerprint density at radius 1 is 1.67 bits per heavy atom. The summed E-state index contributed by atoms with van der Waals surface area (Å²) in [5.74, 6) is 0. The third-order valence-corrected chi connectivity index (χ3v) is 2.50. The number of nitro groups is 1. The average Bonchev–Trinajstić information content (AvgIpc) is 2.16. The summed E-state index contributed by atoms with van der Waals surface area (Å²) in [5, 5.41) is 9.97. The lowest BCUT2D eigenvalue weighted by atomic mass is 10.2. The van der Waals surface area contributed by atoms with E-state index >= 15 is 0 Å². The van der Waals surface area contributed by atoms with Crippen LogP contribution >= 0.6 is 27.5 Å². The first kappa shape index (κ1) is 12.3. The summed E-state index contributed by atoms with van der Waals surface area (Å²) < 4.78 is 24.8. The normalized spacial score (nSPS) is 10.7. The van der Waals surface area contributed by atoms with Crippen LogP contribution in [0.15, 0.2) is 6.07 Å². The van der Waals surface area contributed by atoms with Gasteiger partial charge in [0.1, 0.15) is 5.69 Å². The highest BCUT2D eigenvalue weighted by Gasteiger charge is 2.22. The number of halogens is 4. The van der Waals surface area contributed by atoms with Crippen LogP contribution in [0.2, 0.25) is 5.15 Å². The highest BCUT2D eigenvalue weighted by Crippen LogP contribution is 2.30. The molecule has 15 heavy (non-hydrogen) atoms. The van der Waals surface area contributed by atoms with Gasteiger partial charge in [0.15, 0.2) is 0 Å². The van der Waals surface area contributed by atoms with Crippen LogP contribution in [-0.2, 0) is 5.33 Å². The Kier molecular flexibility index (Phi) is 3.92. The first-order chi connectivity index (χ1) is 6.97. The largest absolute Gasteiger partial charge is 0.306 e. The standard InChI is InChI=1S/C7H4BrClF2N2O2/c8-2-3-1-4(13(14)15)6(9)12-5(3)7(10)11/h1,7H,2H2. The fraction of sp³-hybridized carbons (Fsp3) is 0.286. The van der Waals surface area contributed by atoms with E-state index in [0.29, 0.717) is 0 Å². The Morgan fingerprint density at radius 2 is 2.27 bits per heavy atom. The van der Waals surface area contributed by atoms with Gasteiger partial charge in [-0.15, -0.1) is 0 Å². The van der Waals surface area contributed by atoms with Gasteiger partial charge in [0.05, 0.1) is 4.92 Å². The SMILES string of the molecule is O=[N+]([O-])c1cc(CBr)c(C(F)F)nc1Cl. The lowest BCUT2D eigenvalue weighted by Gasteiger charge is -2.05. The quantitative estimate of drug-likeness (QED) is 0.372. The van der Waals surface area contributed by atoms with E-state index in [2.05, 4.69) is 20.9 Å². The maximum atomic E-state index is 12.4. The van der Waals surface area contributed by atoms with Crippen molar-refractivity contribution in [1.29, 1.82) is 0 Å². The summed E-state index contributed by atoms with van der Waals surface area (Å²) in [6, 6.07) is 0.992. The van der Waals surface area contributed by atoms with E-state index in [-0.39, 0.29) is 10.9 Å². The molecule has 0 saturated heterocycles. The van der Waals surface area contributed by atoms with Crippen LogP contribution in [0.5, 0.6) is 0 Å². The minimum absolute atomic E-state index is 0.0533. The Balaban J connectivity index is 3.35. The molecule has 0 aliphatic carbocycles. The van der Waals surface area contributed by atoms with Crippen molar-refractivity contribution >= 4 is 33.2 Å². The van der Waals surface area contributed by atoms with Crippen molar-refractivity contribution in [3.05, 3.63) is 32.6 Å². The van der Waals surface area contributed by atoms with E-state index in [1.54, 1.807) is 0 Å². The molecule has 0 amide bonds. The van der Waals surface area contributed by atoms with Gasteiger partial charge in [-0.25, -0.2) is 13.8 Å². The number of aromatic nitrogens is 1. The topological polar surface area (TPSA) is 56.0 Å². The van der Waals surface area contributed by atoms with E-state index in [0.717, 1.165) is 6.07 Å². The molecule has 8 heteroatoms. The summed E-state index contributed by atoms with van der Waals surface area (Å²) in [5.41, 5.74) is -0.959. The van der Waals surface area contributed by atoms with E-state index in [4.69, 9.17) is 11.6 Å². The molecule has 0 N–H and O–H groups in total. The number of alkyl halides is 3. The van der Waals surface area contributed by atoms with Gasteiger partial charge < -0.3 is 0 Å². The van der Waals surface area contributed by atoms with Gasteiger partial charge in [-0.1, -0.05) is 27.5 Å². The summed E-state index contributed by atoms with van der Waals surface area (Å²) in [4.78, 5) is 13.0. The van der Waals surface area contributed by atoms with Gasteiger partial charge in [0, 0.05) is 11.4 Å². The lowest BCUT2D eigenvalue weighted by molar-refractivity contribution is -0.385. The zero-order valence-electron chi connectivity index (χ0n) is 7.08. The minimum atomic E-state index is -2.81. The number of pyridine rings is 1. The average molecular weight is 301 g/mol. The van der Waals surface area contributed by atoms with Gasteiger partial charge in [-0.05, 0) is 5.56 Å². The second-order valence-corrected chi connectivity index (χ2v) is 3.45. The molecule has 1 rings (SSSR count). The van der Waals surface area contributed by atoms with Crippen LogP contribution in [0.25, 0.3) is 0 Å². The molecule has 0 radical (unpaired) electrons. The molecule has 82 valence electrons. The molecular weight excluding hydrogens is 297 g/mol. The highest BCUT2D eigenvalue weighted by atomic mass is 79.9. The van der Waals surface area contributed by atoms with Crippen LogP contribution < -0.4 is 0 Å². The fourth-order valence-electron chi connectivity index (χ4n) is 0.957. The molecule has 0 aliphatic rings. The van der Waals surface area contributed by atoms with Crippen LogP contribution in [-0.4, -0.2) is 9.91 Å². The molecule has 0 spiro atoms. The summed E-state index contributed by atoms with van der Waals surface area (Å²) >= 11 is 8.34. The Labute approximate surface area is 96.5 Å². The molecule has 0 bridgehead atoms. The molecule has 1 aromatic heterocycles. The van der Waals surface area contributed by atoms with E-state index in [1.165, 1.54) is 0 Å². The van der Waals surface area contributed by atoms with Crippen molar-refractivity contribution in [2.75, 3.05) is 0 Å². The lowest BCUT2D eigenvalue weighted by Crippen LogP contribution is -2.01. The molecule has 0 aliphatic heterocycles. The van der Waals surface area contributed by atoms with E-state index in [1.807, 2.05) is 0 Å². The highest BCUT2D eigenvalue weighted by molar-refractivity contribution is 9.08. The van der Waals surface area contributed by atoms with Gasteiger partial charge >= 0.3 is 5.69 Å². The van der Waals surface area contributed by atoms with Gasteiger partial charge in [0.2, 0.25) is 5.15 Å². The molecule has 0 unspecified atom stereocenters. The zero-order valence-corrected chi connectivity index (χ0v) is 9.43. The second kappa shape index (κ2) is 4.80. The van der Waals surface area contributed by atoms with Crippen molar-refractivity contribution in [2.45, 2.75) is 11.8 Å². The van der Waals surface area contributed by atoms with Crippen LogP contribution in [0.1, 0.15) is 17.7 Å². The third kappa shape index (κ3) is 2.60. The summed E-state index contributed by atoms with van der Waals surface area (Å²) in [7, 11) is 0. The monoisotopic (exact) mass is 300 g/mol. The van der Waals surface area contributed by atoms with Crippen LogP contribution in [0.3, 0.4) is 0 Å². The summed E-state index contributed by atoms with van der Waals surface area (Å²) in [6.07, 6.45) is -2.81. The van der Waals surface area contributed by atoms with Gasteiger partial charge in [0.25, 0.3) is 6.43 Å². The van der Waals surface area contributed by atoms with Crippen molar-refractivity contribution in [3.8, 4) is 0 Å². The van der Waals surface area contributed by atoms with Crippen molar-refractivity contribution in [1.82, 2.24) is 4.98 Å². The maximum absolute atomic E-state index is 12.4. The van der Waals surface area contributed by atoms with Crippen LogP contribution in [0.4, 0.5) is 14.5 Å². The zero-order chi connectivity index (χ0) is 11.6. The number of nitrogens with zero attached hydrogens (tertiary/aromatic N) is 2. The van der Waals surface area contributed by atoms with E-state index in [9.17, 15) is 18.9 Å². The van der Waals surface area contributed by atoms with Gasteiger partial charge in [-0.2, -0.15) is 0 Å². The molecule has 1 aromatic rings. The number of rotatable bonds is 3. The first-order valence-corrected chi connectivity index (χ1v) is 5.15. The maximum Gasteiger partial charge on any atom is 0.306 e. The molecular formula is C7H4BrClF2N2O2.